The molecule has 0 saturated carbocycles. The molecule has 0 bridgehead atoms. The van der Waals surface area contributed by atoms with Crippen LogP contribution < -0.4 is 0 Å². The van der Waals surface area contributed by atoms with E-state index >= 15 is 0 Å². The quantitative estimate of drug-likeness (QED) is 0.482. The Kier molecular flexibility index (Phi) is 5.49. The minimum Gasteiger partial charge on any atom is -0.463 e. The van der Waals surface area contributed by atoms with Crippen molar-refractivity contribution < 1.29 is 19.1 Å². The monoisotopic (exact) mass is 296 g/mol. The van der Waals surface area contributed by atoms with Crippen molar-refractivity contribution in [3.05, 3.63) is 77.9 Å². The van der Waals surface area contributed by atoms with E-state index in [4.69, 9.17) is 9.47 Å². The topological polar surface area (TPSA) is 52.6 Å². The third-order valence-electron chi connectivity index (χ3n) is 2.81. The average Bonchev–Trinajstić information content (AvgIpc) is 2.56. The molecule has 2 aromatic carbocycles. The second-order valence-electron chi connectivity index (χ2n) is 4.38. The van der Waals surface area contributed by atoms with Gasteiger partial charge in [-0.2, -0.15) is 0 Å². The lowest BCUT2D eigenvalue weighted by molar-refractivity contribution is -0.137. The van der Waals surface area contributed by atoms with Crippen LogP contribution in [0.25, 0.3) is 5.76 Å². The standard InChI is InChI=1S/C18H16O4/c1-2-21-17(19)13-16(14-9-5-3-6-10-14)22-18(20)15-11-7-4-8-12-15/h3-13H,2H2,1H3. The van der Waals surface area contributed by atoms with Gasteiger partial charge in [0.05, 0.1) is 18.2 Å². The Morgan fingerprint density at radius 3 is 2.00 bits per heavy atom. The zero-order valence-corrected chi connectivity index (χ0v) is 12.2. The number of ether oxygens (including phenoxy) is 2. The predicted octanol–water partition coefficient (Wildman–Crippen LogP) is 3.45. The molecule has 0 saturated heterocycles. The number of benzene rings is 2. The van der Waals surface area contributed by atoms with Gasteiger partial charge in [-0.25, -0.2) is 9.59 Å². The Bertz CT molecular complexity index is 660. The van der Waals surface area contributed by atoms with Gasteiger partial charge in [-0.3, -0.25) is 0 Å². The Labute approximate surface area is 129 Å². The molecule has 0 aliphatic heterocycles. The van der Waals surface area contributed by atoms with Gasteiger partial charge < -0.3 is 9.47 Å². The van der Waals surface area contributed by atoms with Gasteiger partial charge in [0.1, 0.15) is 5.76 Å². The van der Waals surface area contributed by atoms with Gasteiger partial charge >= 0.3 is 11.9 Å². The van der Waals surface area contributed by atoms with Gasteiger partial charge in [0.15, 0.2) is 0 Å². The van der Waals surface area contributed by atoms with E-state index in [1.807, 2.05) is 12.1 Å². The molecular formula is C18H16O4. The summed E-state index contributed by atoms with van der Waals surface area (Å²) in [5, 5.41) is 0. The molecule has 0 N–H and O–H groups in total. The highest BCUT2D eigenvalue weighted by Crippen LogP contribution is 2.18. The largest absolute Gasteiger partial charge is 0.463 e. The molecule has 0 aromatic heterocycles. The predicted molar refractivity (Wildman–Crippen MR) is 82.9 cm³/mol. The van der Waals surface area contributed by atoms with Crippen LogP contribution in [-0.4, -0.2) is 18.5 Å². The fourth-order valence-electron chi connectivity index (χ4n) is 1.80. The Morgan fingerprint density at radius 1 is 0.909 bits per heavy atom. The third-order valence-corrected chi connectivity index (χ3v) is 2.81. The normalized spacial score (nSPS) is 10.9. The van der Waals surface area contributed by atoms with Gasteiger partial charge in [-0.1, -0.05) is 48.5 Å². The summed E-state index contributed by atoms with van der Waals surface area (Å²) in [6, 6.07) is 17.5. The highest BCUT2D eigenvalue weighted by molar-refractivity contribution is 5.96. The number of hydrogen-bond donors (Lipinski definition) is 0. The van der Waals surface area contributed by atoms with E-state index in [0.29, 0.717) is 11.1 Å². The maximum Gasteiger partial charge on any atom is 0.343 e. The lowest BCUT2D eigenvalue weighted by atomic mass is 10.1. The van der Waals surface area contributed by atoms with Crippen LogP contribution in [0.3, 0.4) is 0 Å². The lowest BCUT2D eigenvalue weighted by Crippen LogP contribution is -2.07. The number of esters is 2. The summed E-state index contributed by atoms with van der Waals surface area (Å²) in [5.74, 6) is -0.921. The molecule has 0 aliphatic carbocycles. The van der Waals surface area contributed by atoms with Gasteiger partial charge in [-0.05, 0) is 19.1 Å². The third kappa shape index (κ3) is 4.31. The maximum atomic E-state index is 12.2. The van der Waals surface area contributed by atoms with E-state index in [1.165, 1.54) is 6.08 Å². The van der Waals surface area contributed by atoms with Crippen molar-refractivity contribution in [3.63, 3.8) is 0 Å². The summed E-state index contributed by atoms with van der Waals surface area (Å²) in [6.07, 6.45) is 1.18. The molecule has 0 aliphatic rings. The summed E-state index contributed by atoms with van der Waals surface area (Å²) in [5.41, 5.74) is 1.04. The van der Waals surface area contributed by atoms with Crippen LogP contribution in [0.1, 0.15) is 22.8 Å². The molecular weight excluding hydrogens is 280 g/mol. The fraction of sp³-hybridized carbons (Fsp3) is 0.111. The van der Waals surface area contributed by atoms with Crippen molar-refractivity contribution in [2.75, 3.05) is 6.61 Å². The first kappa shape index (κ1) is 15.5. The van der Waals surface area contributed by atoms with Crippen molar-refractivity contribution in [2.24, 2.45) is 0 Å². The van der Waals surface area contributed by atoms with Crippen molar-refractivity contribution in [2.45, 2.75) is 6.92 Å². The molecule has 0 heterocycles. The molecule has 0 spiro atoms. The second kappa shape index (κ2) is 7.78. The number of hydrogen-bond acceptors (Lipinski definition) is 4. The van der Waals surface area contributed by atoms with E-state index in [-0.39, 0.29) is 12.4 Å². The Balaban J connectivity index is 2.25. The summed E-state index contributed by atoms with van der Waals surface area (Å²) in [6.45, 7) is 1.97. The van der Waals surface area contributed by atoms with Crippen LogP contribution in [0.15, 0.2) is 66.7 Å². The first-order valence-corrected chi connectivity index (χ1v) is 6.92. The van der Waals surface area contributed by atoms with Crippen LogP contribution in [0.4, 0.5) is 0 Å². The molecule has 2 rings (SSSR count). The second-order valence-corrected chi connectivity index (χ2v) is 4.38. The van der Waals surface area contributed by atoms with Gasteiger partial charge in [-0.15, -0.1) is 0 Å². The van der Waals surface area contributed by atoms with Gasteiger partial charge in [0.25, 0.3) is 0 Å². The fourth-order valence-corrected chi connectivity index (χ4v) is 1.80. The minimum atomic E-state index is -0.554. The maximum absolute atomic E-state index is 12.2. The lowest BCUT2D eigenvalue weighted by Gasteiger charge is -2.09. The summed E-state index contributed by atoms with van der Waals surface area (Å²) >= 11 is 0. The Morgan fingerprint density at radius 2 is 1.45 bits per heavy atom. The average molecular weight is 296 g/mol. The van der Waals surface area contributed by atoms with Crippen molar-refractivity contribution in [1.29, 1.82) is 0 Å². The smallest absolute Gasteiger partial charge is 0.343 e. The van der Waals surface area contributed by atoms with Gasteiger partial charge in [0, 0.05) is 5.56 Å². The molecule has 0 radical (unpaired) electrons. The number of carbonyl (C=O) groups is 2. The van der Waals surface area contributed by atoms with E-state index in [0.717, 1.165) is 0 Å². The van der Waals surface area contributed by atoms with E-state index in [9.17, 15) is 9.59 Å². The molecule has 0 fully saturated rings. The summed E-state index contributed by atoms with van der Waals surface area (Å²) in [7, 11) is 0. The highest BCUT2D eigenvalue weighted by atomic mass is 16.5. The van der Waals surface area contributed by atoms with Crippen molar-refractivity contribution >= 4 is 17.7 Å². The van der Waals surface area contributed by atoms with Crippen LogP contribution in [-0.2, 0) is 14.3 Å². The van der Waals surface area contributed by atoms with E-state index < -0.39 is 11.9 Å². The van der Waals surface area contributed by atoms with Crippen molar-refractivity contribution in [3.8, 4) is 0 Å². The minimum absolute atomic E-state index is 0.160. The van der Waals surface area contributed by atoms with Crippen LogP contribution in [0, 0.1) is 0 Å². The van der Waals surface area contributed by atoms with Crippen LogP contribution >= 0.6 is 0 Å². The van der Waals surface area contributed by atoms with Gasteiger partial charge in [0.2, 0.25) is 0 Å². The van der Waals surface area contributed by atoms with Crippen LogP contribution in [0.5, 0.6) is 0 Å². The van der Waals surface area contributed by atoms with E-state index in [1.54, 1.807) is 55.5 Å². The molecule has 0 amide bonds. The number of carbonyl (C=O) groups excluding carboxylic acids is 2. The molecule has 22 heavy (non-hydrogen) atoms. The number of rotatable bonds is 5. The molecule has 0 atom stereocenters. The van der Waals surface area contributed by atoms with Crippen LogP contribution in [0.2, 0.25) is 0 Å². The molecule has 2 aromatic rings. The summed E-state index contributed by atoms with van der Waals surface area (Å²) in [4.78, 5) is 23.8. The van der Waals surface area contributed by atoms with E-state index in [2.05, 4.69) is 0 Å². The zero-order chi connectivity index (χ0) is 15.8. The first-order chi connectivity index (χ1) is 10.7. The SMILES string of the molecule is CCOC(=O)C=C(OC(=O)c1ccccc1)c1ccccc1. The Hall–Kier alpha value is -2.88. The van der Waals surface area contributed by atoms with Crippen molar-refractivity contribution in [1.82, 2.24) is 0 Å². The first-order valence-electron chi connectivity index (χ1n) is 6.92. The molecule has 0 unspecified atom stereocenters. The molecule has 4 nitrogen and oxygen atoms in total. The molecule has 4 heteroatoms. The summed E-state index contributed by atoms with van der Waals surface area (Å²) < 4.78 is 10.2. The highest BCUT2D eigenvalue weighted by Gasteiger charge is 2.13. The zero-order valence-electron chi connectivity index (χ0n) is 12.2. The molecule has 112 valence electrons.